The van der Waals surface area contributed by atoms with E-state index in [2.05, 4.69) is 5.32 Å². The van der Waals surface area contributed by atoms with E-state index in [-0.39, 0.29) is 18.4 Å². The van der Waals surface area contributed by atoms with Crippen LogP contribution in [0.5, 0.6) is 0 Å². The Balaban J connectivity index is 1.41. The number of rotatable bonds is 9. The van der Waals surface area contributed by atoms with E-state index in [1.54, 1.807) is 17.0 Å². The Kier molecular flexibility index (Phi) is 6.65. The molecule has 7 heteroatoms. The van der Waals surface area contributed by atoms with Crippen molar-refractivity contribution in [3.8, 4) is 0 Å². The summed E-state index contributed by atoms with van der Waals surface area (Å²) in [5, 5.41) is 2.85. The lowest BCUT2D eigenvalue weighted by Crippen LogP contribution is -2.30. The summed E-state index contributed by atoms with van der Waals surface area (Å²) in [4.78, 5) is 31.5. The number of carbonyl (C=O) groups is 2. The van der Waals surface area contributed by atoms with Gasteiger partial charge in [0.15, 0.2) is 5.76 Å². The predicted octanol–water partition coefficient (Wildman–Crippen LogP) is 3.65. The maximum Gasteiger partial charge on any atom is 0.286 e. The van der Waals surface area contributed by atoms with Crippen LogP contribution in [0, 0.1) is 0 Å². The largest absolute Gasteiger partial charge is 0.459 e. The predicted molar refractivity (Wildman–Crippen MR) is 122 cm³/mol. The van der Waals surface area contributed by atoms with Crippen molar-refractivity contribution < 1.29 is 14.0 Å². The lowest BCUT2D eigenvalue weighted by Gasteiger charge is -2.19. The van der Waals surface area contributed by atoms with Gasteiger partial charge in [-0.3, -0.25) is 9.59 Å². The standard InChI is InChI=1S/C25H26N4O3/c1-28(17-19-9-3-2-4-10-19)24(30)18-29-21-12-6-5-11-20(21)27-23(29)14-7-15-26-25(31)22-13-8-16-32-22/h2-6,8-13,16H,7,14-15,17-18H2,1H3,(H,26,31). The Hall–Kier alpha value is -3.87. The summed E-state index contributed by atoms with van der Waals surface area (Å²) in [6, 6.07) is 21.1. The van der Waals surface area contributed by atoms with Gasteiger partial charge in [0, 0.05) is 26.6 Å². The smallest absolute Gasteiger partial charge is 0.286 e. The number of carbonyl (C=O) groups excluding carboxylic acids is 2. The third-order valence-corrected chi connectivity index (χ3v) is 5.32. The van der Waals surface area contributed by atoms with Gasteiger partial charge < -0.3 is 19.2 Å². The number of nitrogens with one attached hydrogen (secondary N) is 1. The van der Waals surface area contributed by atoms with Crippen molar-refractivity contribution in [1.29, 1.82) is 0 Å². The highest BCUT2D eigenvalue weighted by atomic mass is 16.3. The van der Waals surface area contributed by atoms with Crippen molar-refractivity contribution in [2.75, 3.05) is 13.6 Å². The molecule has 4 rings (SSSR count). The molecule has 2 aromatic heterocycles. The minimum Gasteiger partial charge on any atom is -0.459 e. The summed E-state index contributed by atoms with van der Waals surface area (Å²) >= 11 is 0. The van der Waals surface area contributed by atoms with Gasteiger partial charge in [0.1, 0.15) is 12.4 Å². The van der Waals surface area contributed by atoms with E-state index in [1.807, 2.05) is 66.2 Å². The molecule has 1 N–H and O–H groups in total. The minimum absolute atomic E-state index is 0.0179. The first-order valence-electron chi connectivity index (χ1n) is 10.7. The number of aromatic nitrogens is 2. The molecule has 0 saturated carbocycles. The van der Waals surface area contributed by atoms with E-state index in [0.717, 1.165) is 22.4 Å². The molecular formula is C25H26N4O3. The molecule has 0 fully saturated rings. The molecule has 4 aromatic rings. The van der Waals surface area contributed by atoms with Crippen molar-refractivity contribution in [3.05, 3.63) is 90.1 Å². The van der Waals surface area contributed by atoms with Crippen LogP contribution in [0.1, 0.15) is 28.4 Å². The molecule has 0 spiro atoms. The van der Waals surface area contributed by atoms with Gasteiger partial charge in [-0.05, 0) is 36.2 Å². The first kappa shape index (κ1) is 21.4. The molecule has 0 atom stereocenters. The zero-order valence-electron chi connectivity index (χ0n) is 18.0. The molecule has 0 bridgehead atoms. The average molecular weight is 431 g/mol. The number of amides is 2. The van der Waals surface area contributed by atoms with Crippen LogP contribution >= 0.6 is 0 Å². The molecule has 0 radical (unpaired) electrons. The first-order chi connectivity index (χ1) is 15.6. The highest BCUT2D eigenvalue weighted by Gasteiger charge is 2.16. The Morgan fingerprint density at radius 2 is 1.81 bits per heavy atom. The van der Waals surface area contributed by atoms with E-state index in [1.165, 1.54) is 6.26 Å². The van der Waals surface area contributed by atoms with Gasteiger partial charge in [0.05, 0.1) is 17.3 Å². The number of furan rings is 1. The third-order valence-electron chi connectivity index (χ3n) is 5.32. The normalized spacial score (nSPS) is 10.9. The topological polar surface area (TPSA) is 80.4 Å². The maximum absolute atomic E-state index is 13.0. The number of hydrogen-bond donors (Lipinski definition) is 1. The van der Waals surface area contributed by atoms with Crippen LogP contribution in [0.4, 0.5) is 0 Å². The van der Waals surface area contributed by atoms with Crippen molar-refractivity contribution in [1.82, 2.24) is 19.8 Å². The molecule has 0 aliphatic rings. The molecule has 164 valence electrons. The summed E-state index contributed by atoms with van der Waals surface area (Å²) in [6.07, 6.45) is 2.82. The average Bonchev–Trinajstić information content (AvgIpc) is 3.46. The molecule has 7 nitrogen and oxygen atoms in total. The SMILES string of the molecule is CN(Cc1ccccc1)C(=O)Cn1c(CCCNC(=O)c2ccco2)nc2ccccc21. The number of imidazole rings is 1. The van der Waals surface area contributed by atoms with Crippen LogP contribution in [0.3, 0.4) is 0 Å². The first-order valence-corrected chi connectivity index (χ1v) is 10.7. The summed E-state index contributed by atoms with van der Waals surface area (Å²) in [6.45, 7) is 1.27. The molecule has 2 heterocycles. The Bertz CT molecular complexity index is 1180. The van der Waals surface area contributed by atoms with Gasteiger partial charge in [-0.25, -0.2) is 4.98 Å². The van der Waals surface area contributed by atoms with Crippen molar-refractivity contribution in [3.63, 3.8) is 0 Å². The van der Waals surface area contributed by atoms with E-state index < -0.39 is 0 Å². The van der Waals surface area contributed by atoms with Crippen LogP contribution in [-0.4, -0.2) is 39.9 Å². The molecule has 2 aromatic carbocycles. The second-order valence-corrected chi connectivity index (χ2v) is 7.68. The fraction of sp³-hybridized carbons (Fsp3) is 0.240. The Labute approximate surface area is 186 Å². The third kappa shape index (κ3) is 5.06. The fourth-order valence-corrected chi connectivity index (χ4v) is 3.64. The number of fused-ring (bicyclic) bond motifs is 1. The van der Waals surface area contributed by atoms with Crippen molar-refractivity contribution in [2.24, 2.45) is 0 Å². The van der Waals surface area contributed by atoms with Crippen LogP contribution in [0.2, 0.25) is 0 Å². The molecule has 32 heavy (non-hydrogen) atoms. The van der Waals surface area contributed by atoms with Gasteiger partial charge in [-0.15, -0.1) is 0 Å². The highest BCUT2D eigenvalue weighted by Crippen LogP contribution is 2.18. The van der Waals surface area contributed by atoms with Crippen LogP contribution < -0.4 is 5.32 Å². The van der Waals surface area contributed by atoms with E-state index in [9.17, 15) is 9.59 Å². The second kappa shape index (κ2) is 9.96. The summed E-state index contributed by atoms with van der Waals surface area (Å²) < 4.78 is 7.09. The van der Waals surface area contributed by atoms with E-state index in [0.29, 0.717) is 31.7 Å². The Morgan fingerprint density at radius 1 is 1.03 bits per heavy atom. The summed E-state index contributed by atoms with van der Waals surface area (Å²) in [5.41, 5.74) is 2.88. The number of benzene rings is 2. The van der Waals surface area contributed by atoms with Crippen LogP contribution in [0.15, 0.2) is 77.4 Å². The summed E-state index contributed by atoms with van der Waals surface area (Å²) in [5.74, 6) is 0.912. The number of aryl methyl sites for hydroxylation is 1. The van der Waals surface area contributed by atoms with Crippen molar-refractivity contribution >= 4 is 22.8 Å². The van der Waals surface area contributed by atoms with Crippen LogP contribution in [-0.2, 0) is 24.3 Å². The molecule has 2 amide bonds. The van der Waals surface area contributed by atoms with Gasteiger partial charge in [0.25, 0.3) is 5.91 Å². The second-order valence-electron chi connectivity index (χ2n) is 7.68. The zero-order chi connectivity index (χ0) is 22.3. The highest BCUT2D eigenvalue weighted by molar-refractivity contribution is 5.91. The number of para-hydroxylation sites is 2. The van der Waals surface area contributed by atoms with Gasteiger partial charge in [0.2, 0.25) is 5.91 Å². The summed E-state index contributed by atoms with van der Waals surface area (Å²) in [7, 11) is 1.82. The zero-order valence-corrected chi connectivity index (χ0v) is 18.0. The van der Waals surface area contributed by atoms with E-state index >= 15 is 0 Å². The van der Waals surface area contributed by atoms with Gasteiger partial charge in [-0.1, -0.05) is 42.5 Å². The molecular weight excluding hydrogens is 404 g/mol. The lowest BCUT2D eigenvalue weighted by atomic mass is 10.2. The Morgan fingerprint density at radius 3 is 2.59 bits per heavy atom. The lowest BCUT2D eigenvalue weighted by molar-refractivity contribution is -0.131. The molecule has 0 aliphatic heterocycles. The van der Waals surface area contributed by atoms with Gasteiger partial charge in [-0.2, -0.15) is 0 Å². The number of nitrogens with zero attached hydrogens (tertiary/aromatic N) is 3. The van der Waals surface area contributed by atoms with Crippen molar-refractivity contribution in [2.45, 2.75) is 25.9 Å². The quantitative estimate of drug-likeness (QED) is 0.411. The molecule has 0 saturated heterocycles. The van der Waals surface area contributed by atoms with E-state index in [4.69, 9.17) is 9.40 Å². The van der Waals surface area contributed by atoms with Gasteiger partial charge >= 0.3 is 0 Å². The number of hydrogen-bond acceptors (Lipinski definition) is 4. The monoisotopic (exact) mass is 430 g/mol. The molecule has 0 aliphatic carbocycles. The van der Waals surface area contributed by atoms with Crippen LogP contribution in [0.25, 0.3) is 11.0 Å². The maximum atomic E-state index is 13.0. The fourth-order valence-electron chi connectivity index (χ4n) is 3.64. The minimum atomic E-state index is -0.235. The molecule has 0 unspecified atom stereocenters. The number of likely N-dealkylation sites (N-methyl/N-ethyl adjacent to an activating group) is 1.